The van der Waals surface area contributed by atoms with E-state index in [0.29, 0.717) is 3.57 Å². The summed E-state index contributed by atoms with van der Waals surface area (Å²) in [4.78, 5) is 21.9. The second-order valence-electron chi connectivity index (χ2n) is 3.33. The van der Waals surface area contributed by atoms with Crippen LogP contribution in [-0.4, -0.2) is 29.6 Å². The van der Waals surface area contributed by atoms with E-state index in [9.17, 15) is 18.4 Å². The monoisotopic (exact) mass is 608 g/mol. The zero-order chi connectivity index (χ0) is 14.8. The normalized spacial score (nSPS) is 11.2. The van der Waals surface area contributed by atoms with Crippen LogP contribution in [0.2, 0.25) is 0 Å². The molecule has 0 heterocycles. The molecule has 1 rings (SSSR count). The SMILES string of the molecule is O=C(OCC(F)(F)C(=O)O)c1cc(I)cc(I)c1I. The van der Waals surface area contributed by atoms with E-state index >= 15 is 0 Å². The Balaban J connectivity index is 2.88. The van der Waals surface area contributed by atoms with Gasteiger partial charge in [0, 0.05) is 10.7 Å². The van der Waals surface area contributed by atoms with Crippen molar-refractivity contribution in [1.82, 2.24) is 0 Å². The number of ether oxygens (including phenoxy) is 1. The van der Waals surface area contributed by atoms with Gasteiger partial charge in [0.1, 0.15) is 0 Å². The molecule has 0 aromatic heterocycles. The standard InChI is InChI=1S/C10H5F2I3O4/c11-10(12,9(17)18)3-19-8(16)5-1-4(13)2-6(14)7(5)15/h1-2H,3H2,(H,17,18). The van der Waals surface area contributed by atoms with Crippen LogP contribution in [0, 0.1) is 10.7 Å². The van der Waals surface area contributed by atoms with Crippen LogP contribution in [-0.2, 0) is 9.53 Å². The van der Waals surface area contributed by atoms with E-state index in [1.54, 1.807) is 0 Å². The Hall–Kier alpha value is 0.210. The van der Waals surface area contributed by atoms with Gasteiger partial charge in [-0.2, -0.15) is 8.78 Å². The Kier molecular flexibility index (Phi) is 6.16. The summed E-state index contributed by atoms with van der Waals surface area (Å²) in [5.74, 6) is -7.38. The van der Waals surface area contributed by atoms with Crippen molar-refractivity contribution in [2.24, 2.45) is 0 Å². The van der Waals surface area contributed by atoms with Gasteiger partial charge in [-0.05, 0) is 79.9 Å². The average Bonchev–Trinajstić information content (AvgIpc) is 2.30. The minimum atomic E-state index is -4.09. The number of alkyl halides is 2. The molecule has 1 N–H and O–H groups in total. The van der Waals surface area contributed by atoms with Crippen LogP contribution in [0.5, 0.6) is 0 Å². The fourth-order valence-corrected chi connectivity index (χ4v) is 3.38. The molecule has 0 bridgehead atoms. The summed E-state index contributed by atoms with van der Waals surface area (Å²) in [6.07, 6.45) is 0. The van der Waals surface area contributed by atoms with E-state index < -0.39 is 24.5 Å². The quantitative estimate of drug-likeness (QED) is 0.324. The molecule has 1 aromatic carbocycles. The van der Waals surface area contributed by atoms with Crippen LogP contribution in [0.25, 0.3) is 0 Å². The zero-order valence-electron chi connectivity index (χ0n) is 8.92. The number of halogens is 5. The molecule has 0 aliphatic carbocycles. The van der Waals surface area contributed by atoms with Gasteiger partial charge in [0.15, 0.2) is 6.61 Å². The van der Waals surface area contributed by atoms with Gasteiger partial charge >= 0.3 is 17.9 Å². The summed E-state index contributed by atoms with van der Waals surface area (Å²) in [6, 6.07) is 3.30. The van der Waals surface area contributed by atoms with Crippen molar-refractivity contribution < 1.29 is 28.2 Å². The van der Waals surface area contributed by atoms with E-state index in [1.165, 1.54) is 6.07 Å². The molecule has 0 atom stereocenters. The van der Waals surface area contributed by atoms with Crippen molar-refractivity contribution in [3.63, 3.8) is 0 Å². The van der Waals surface area contributed by atoms with Crippen LogP contribution in [0.3, 0.4) is 0 Å². The highest BCUT2D eigenvalue weighted by molar-refractivity contribution is 14.1. The maximum atomic E-state index is 12.8. The Morgan fingerprint density at radius 2 is 1.84 bits per heavy atom. The molecule has 0 aliphatic heterocycles. The highest BCUT2D eigenvalue weighted by Crippen LogP contribution is 2.24. The van der Waals surface area contributed by atoms with Crippen molar-refractivity contribution in [2.75, 3.05) is 6.61 Å². The topological polar surface area (TPSA) is 63.6 Å². The van der Waals surface area contributed by atoms with Crippen molar-refractivity contribution in [2.45, 2.75) is 5.92 Å². The lowest BCUT2D eigenvalue weighted by Crippen LogP contribution is -2.34. The first-order chi connectivity index (χ1) is 8.65. The maximum absolute atomic E-state index is 12.8. The van der Waals surface area contributed by atoms with Crippen LogP contribution in [0.15, 0.2) is 12.1 Å². The second kappa shape index (κ2) is 6.78. The lowest BCUT2D eigenvalue weighted by Gasteiger charge is -2.12. The minimum absolute atomic E-state index is 0.137. The first kappa shape index (κ1) is 17.3. The molecular formula is C10H5F2I3O4. The number of hydrogen-bond donors (Lipinski definition) is 1. The van der Waals surface area contributed by atoms with Gasteiger partial charge < -0.3 is 9.84 Å². The lowest BCUT2D eigenvalue weighted by atomic mass is 10.2. The number of aliphatic carboxylic acids is 1. The van der Waals surface area contributed by atoms with Crippen molar-refractivity contribution in [1.29, 1.82) is 0 Å². The molecule has 0 saturated heterocycles. The summed E-state index contributed by atoms with van der Waals surface area (Å²) < 4.78 is 32.1. The third kappa shape index (κ3) is 4.61. The first-order valence-electron chi connectivity index (χ1n) is 4.58. The van der Waals surface area contributed by atoms with Crippen molar-refractivity contribution >= 4 is 79.7 Å². The smallest absolute Gasteiger partial charge is 0.378 e. The van der Waals surface area contributed by atoms with Gasteiger partial charge in [-0.25, -0.2) is 9.59 Å². The molecule has 0 aliphatic rings. The van der Waals surface area contributed by atoms with Gasteiger partial charge in [-0.3, -0.25) is 0 Å². The fraction of sp³-hybridized carbons (Fsp3) is 0.200. The number of carboxylic acids is 1. The molecule has 19 heavy (non-hydrogen) atoms. The Bertz CT molecular complexity index is 534. The minimum Gasteiger partial charge on any atom is -0.477 e. The van der Waals surface area contributed by atoms with Gasteiger partial charge in [0.25, 0.3) is 0 Å². The van der Waals surface area contributed by atoms with Crippen molar-refractivity contribution in [3.05, 3.63) is 28.4 Å². The average molecular weight is 608 g/mol. The molecule has 0 fully saturated rings. The van der Waals surface area contributed by atoms with Gasteiger partial charge in [-0.1, -0.05) is 0 Å². The van der Waals surface area contributed by atoms with E-state index in [-0.39, 0.29) is 5.56 Å². The number of carbonyl (C=O) groups is 2. The van der Waals surface area contributed by atoms with Gasteiger partial charge in [0.05, 0.1) is 5.56 Å². The number of carboxylic acid groups (broad SMARTS) is 1. The Morgan fingerprint density at radius 3 is 2.37 bits per heavy atom. The van der Waals surface area contributed by atoms with E-state index in [4.69, 9.17) is 5.11 Å². The maximum Gasteiger partial charge on any atom is 0.378 e. The summed E-state index contributed by atoms with van der Waals surface area (Å²) in [6.45, 7) is -1.49. The van der Waals surface area contributed by atoms with Crippen LogP contribution in [0.4, 0.5) is 8.78 Å². The lowest BCUT2D eigenvalue weighted by molar-refractivity contribution is -0.170. The van der Waals surface area contributed by atoms with Crippen LogP contribution >= 0.6 is 67.8 Å². The highest BCUT2D eigenvalue weighted by atomic mass is 127. The summed E-state index contributed by atoms with van der Waals surface area (Å²) in [5, 5.41) is 8.22. The molecule has 0 amide bonds. The third-order valence-electron chi connectivity index (χ3n) is 1.91. The third-order valence-corrected chi connectivity index (χ3v) is 5.58. The van der Waals surface area contributed by atoms with Crippen LogP contribution < -0.4 is 0 Å². The van der Waals surface area contributed by atoms with Crippen LogP contribution in [0.1, 0.15) is 10.4 Å². The van der Waals surface area contributed by atoms with Gasteiger partial charge in [0.2, 0.25) is 0 Å². The number of rotatable bonds is 4. The summed E-state index contributed by atoms with van der Waals surface area (Å²) in [7, 11) is 0. The zero-order valence-corrected chi connectivity index (χ0v) is 15.4. The highest BCUT2D eigenvalue weighted by Gasteiger charge is 2.40. The molecule has 4 nitrogen and oxygen atoms in total. The Morgan fingerprint density at radius 1 is 1.26 bits per heavy atom. The van der Waals surface area contributed by atoms with E-state index in [1.807, 2.05) is 73.8 Å². The molecule has 0 radical (unpaired) electrons. The van der Waals surface area contributed by atoms with Gasteiger partial charge in [-0.15, -0.1) is 0 Å². The molecule has 104 valence electrons. The van der Waals surface area contributed by atoms with E-state index in [2.05, 4.69) is 4.74 Å². The first-order valence-corrected chi connectivity index (χ1v) is 7.81. The number of carbonyl (C=O) groups excluding carboxylic acids is 1. The molecule has 0 unspecified atom stereocenters. The molecule has 0 saturated carbocycles. The van der Waals surface area contributed by atoms with Crippen molar-refractivity contribution in [3.8, 4) is 0 Å². The fourth-order valence-electron chi connectivity index (χ4n) is 1.00. The predicted molar refractivity (Wildman–Crippen MR) is 87.5 cm³/mol. The molecular weight excluding hydrogens is 603 g/mol. The molecule has 1 aromatic rings. The number of hydrogen-bond acceptors (Lipinski definition) is 3. The second-order valence-corrected chi connectivity index (χ2v) is 6.82. The number of benzene rings is 1. The predicted octanol–water partition coefficient (Wildman–Crippen LogP) is 3.38. The molecule has 9 heteroatoms. The van der Waals surface area contributed by atoms with E-state index in [0.717, 1.165) is 7.14 Å². The Labute approximate surface area is 147 Å². The summed E-state index contributed by atoms with van der Waals surface area (Å²) >= 11 is 5.88. The summed E-state index contributed by atoms with van der Waals surface area (Å²) in [5.41, 5.74) is 0.137. The largest absolute Gasteiger partial charge is 0.477 e. The number of esters is 1. The molecule has 0 spiro atoms.